The quantitative estimate of drug-likeness (QED) is 0.316. The number of nitro groups is 1. The Morgan fingerprint density at radius 2 is 1.84 bits per heavy atom. The SMILES string of the molecule is C[C@H]1CN(CCCNc2ccc(S(=O)(=O)Nc3ccccc3Cl)cc2[N+](=O)[O-])C[C@H](C)O1. The minimum absolute atomic E-state index is 0.182. The maximum Gasteiger partial charge on any atom is 0.293 e. The average Bonchev–Trinajstić information content (AvgIpc) is 2.72. The number of nitrogens with one attached hydrogen (secondary N) is 2. The molecule has 9 nitrogen and oxygen atoms in total. The second-order valence-corrected chi connectivity index (χ2v) is 9.91. The molecule has 1 fully saturated rings. The summed E-state index contributed by atoms with van der Waals surface area (Å²) in [7, 11) is -4.04. The number of nitrogens with zero attached hydrogens (tertiary/aromatic N) is 2. The fourth-order valence-corrected chi connectivity index (χ4v) is 5.06. The molecule has 2 aromatic rings. The summed E-state index contributed by atoms with van der Waals surface area (Å²) in [5.74, 6) is 0. The number of hydrogen-bond acceptors (Lipinski definition) is 7. The van der Waals surface area contributed by atoms with Crippen molar-refractivity contribution in [2.24, 2.45) is 0 Å². The van der Waals surface area contributed by atoms with Gasteiger partial charge in [0, 0.05) is 32.2 Å². The minimum atomic E-state index is -4.04. The summed E-state index contributed by atoms with van der Waals surface area (Å²) >= 11 is 6.01. The smallest absolute Gasteiger partial charge is 0.293 e. The van der Waals surface area contributed by atoms with Crippen molar-refractivity contribution in [2.45, 2.75) is 37.4 Å². The summed E-state index contributed by atoms with van der Waals surface area (Å²) < 4.78 is 33.5. The highest BCUT2D eigenvalue weighted by atomic mass is 35.5. The number of morpholine rings is 1. The van der Waals surface area contributed by atoms with E-state index in [4.69, 9.17) is 16.3 Å². The molecule has 2 atom stereocenters. The molecule has 11 heteroatoms. The van der Waals surface area contributed by atoms with Gasteiger partial charge < -0.3 is 10.1 Å². The van der Waals surface area contributed by atoms with Crippen LogP contribution in [0.4, 0.5) is 17.1 Å². The van der Waals surface area contributed by atoms with Gasteiger partial charge in [0.1, 0.15) is 5.69 Å². The van der Waals surface area contributed by atoms with Crippen LogP contribution in [0.1, 0.15) is 20.3 Å². The van der Waals surface area contributed by atoms with E-state index in [-0.39, 0.29) is 39.2 Å². The molecule has 0 bridgehead atoms. The molecule has 3 rings (SSSR count). The first-order chi connectivity index (χ1) is 15.2. The van der Waals surface area contributed by atoms with Crippen LogP contribution in [0.3, 0.4) is 0 Å². The Bertz CT molecular complexity index is 1060. The number of nitro benzene ring substituents is 1. The summed E-state index contributed by atoms with van der Waals surface area (Å²) in [6, 6.07) is 10.2. The molecule has 2 aromatic carbocycles. The fraction of sp³-hybridized carbons (Fsp3) is 0.429. The highest BCUT2D eigenvalue weighted by Crippen LogP contribution is 2.30. The van der Waals surface area contributed by atoms with Crippen LogP contribution in [-0.2, 0) is 14.8 Å². The molecule has 0 saturated carbocycles. The highest BCUT2D eigenvalue weighted by Gasteiger charge is 2.23. The van der Waals surface area contributed by atoms with Crippen molar-refractivity contribution in [3.05, 3.63) is 57.6 Å². The third kappa shape index (κ3) is 6.32. The van der Waals surface area contributed by atoms with Gasteiger partial charge in [-0.05, 0) is 44.5 Å². The first-order valence-electron chi connectivity index (χ1n) is 10.3. The van der Waals surface area contributed by atoms with Crippen LogP contribution in [0, 0.1) is 10.1 Å². The van der Waals surface area contributed by atoms with E-state index in [1.165, 1.54) is 18.2 Å². The van der Waals surface area contributed by atoms with Gasteiger partial charge in [0.15, 0.2) is 0 Å². The van der Waals surface area contributed by atoms with E-state index in [1.807, 2.05) is 13.8 Å². The average molecular weight is 483 g/mol. The lowest BCUT2D eigenvalue weighted by molar-refractivity contribution is -0.384. The van der Waals surface area contributed by atoms with Crippen molar-refractivity contribution < 1.29 is 18.1 Å². The van der Waals surface area contributed by atoms with Crippen LogP contribution in [-0.4, -0.2) is 56.6 Å². The highest BCUT2D eigenvalue weighted by molar-refractivity contribution is 7.92. The molecule has 1 heterocycles. The molecule has 0 spiro atoms. The number of para-hydroxylation sites is 1. The molecule has 0 aliphatic carbocycles. The number of hydrogen-bond donors (Lipinski definition) is 2. The molecule has 1 aliphatic heterocycles. The van der Waals surface area contributed by atoms with E-state index in [9.17, 15) is 18.5 Å². The number of sulfonamides is 1. The van der Waals surface area contributed by atoms with E-state index in [0.29, 0.717) is 6.54 Å². The predicted octanol–water partition coefficient (Wildman–Crippen LogP) is 3.96. The van der Waals surface area contributed by atoms with Crippen molar-refractivity contribution in [1.29, 1.82) is 0 Å². The molecule has 174 valence electrons. The summed E-state index contributed by atoms with van der Waals surface area (Å²) in [6.45, 7) is 7.16. The summed E-state index contributed by atoms with van der Waals surface area (Å²) in [5.41, 5.74) is 0.168. The van der Waals surface area contributed by atoms with Crippen molar-refractivity contribution in [3.8, 4) is 0 Å². The van der Waals surface area contributed by atoms with Crippen LogP contribution < -0.4 is 10.0 Å². The van der Waals surface area contributed by atoms with Gasteiger partial charge in [-0.1, -0.05) is 23.7 Å². The van der Waals surface area contributed by atoms with Crippen LogP contribution in [0.2, 0.25) is 5.02 Å². The molecule has 0 amide bonds. The lowest BCUT2D eigenvalue weighted by atomic mass is 10.2. The molecule has 0 unspecified atom stereocenters. The molecular formula is C21H27ClN4O5S. The van der Waals surface area contributed by atoms with E-state index in [1.54, 1.807) is 18.2 Å². The lowest BCUT2D eigenvalue weighted by Gasteiger charge is -2.35. The second kappa shape index (κ2) is 10.5. The zero-order valence-electron chi connectivity index (χ0n) is 18.0. The van der Waals surface area contributed by atoms with Crippen LogP contribution in [0.15, 0.2) is 47.4 Å². The number of anilines is 2. The maximum absolute atomic E-state index is 12.7. The number of benzene rings is 2. The minimum Gasteiger partial charge on any atom is -0.379 e. The van der Waals surface area contributed by atoms with Gasteiger partial charge in [0.05, 0.1) is 32.7 Å². The van der Waals surface area contributed by atoms with Crippen molar-refractivity contribution in [2.75, 3.05) is 36.2 Å². The number of ether oxygens (including phenoxy) is 1. The standard InChI is InChI=1S/C21H27ClN4O5S/c1-15-13-25(14-16(2)31-15)11-5-10-23-20-9-8-17(12-21(20)26(27)28)32(29,30)24-19-7-4-3-6-18(19)22/h3-4,6-9,12,15-16,23-24H,5,10-11,13-14H2,1-2H3/t15-,16-/m0/s1. The van der Waals surface area contributed by atoms with E-state index < -0.39 is 14.9 Å². The first-order valence-corrected chi connectivity index (χ1v) is 12.2. The van der Waals surface area contributed by atoms with Gasteiger partial charge in [-0.25, -0.2) is 8.42 Å². The summed E-state index contributed by atoms with van der Waals surface area (Å²) in [5, 5.41) is 14.9. The van der Waals surface area contributed by atoms with Gasteiger partial charge >= 0.3 is 0 Å². The van der Waals surface area contributed by atoms with Crippen LogP contribution in [0.25, 0.3) is 0 Å². The molecular weight excluding hydrogens is 456 g/mol. The molecule has 2 N–H and O–H groups in total. The van der Waals surface area contributed by atoms with Gasteiger partial charge in [-0.3, -0.25) is 19.7 Å². The van der Waals surface area contributed by atoms with Gasteiger partial charge in [-0.15, -0.1) is 0 Å². The monoisotopic (exact) mass is 482 g/mol. The Morgan fingerprint density at radius 1 is 1.16 bits per heavy atom. The Labute approximate surface area is 192 Å². The predicted molar refractivity (Wildman–Crippen MR) is 125 cm³/mol. The Balaban J connectivity index is 1.65. The van der Waals surface area contributed by atoms with Gasteiger partial charge in [0.25, 0.3) is 15.7 Å². The Hall–Kier alpha value is -2.40. The summed E-state index contributed by atoms with van der Waals surface area (Å²) in [6.07, 6.45) is 1.15. The van der Waals surface area contributed by atoms with Crippen LogP contribution >= 0.6 is 11.6 Å². The normalized spacial score (nSPS) is 19.5. The molecule has 0 aromatic heterocycles. The van der Waals surface area contributed by atoms with Gasteiger partial charge in [-0.2, -0.15) is 0 Å². The Morgan fingerprint density at radius 3 is 2.50 bits per heavy atom. The molecule has 32 heavy (non-hydrogen) atoms. The third-order valence-corrected chi connectivity index (χ3v) is 6.75. The largest absolute Gasteiger partial charge is 0.379 e. The first kappa shape index (κ1) is 24.2. The topological polar surface area (TPSA) is 114 Å². The lowest BCUT2D eigenvalue weighted by Crippen LogP contribution is -2.45. The molecule has 1 aliphatic rings. The zero-order chi connectivity index (χ0) is 23.3. The second-order valence-electron chi connectivity index (χ2n) is 7.82. The zero-order valence-corrected chi connectivity index (χ0v) is 19.5. The van der Waals surface area contributed by atoms with E-state index >= 15 is 0 Å². The third-order valence-electron chi connectivity index (χ3n) is 5.06. The Kier molecular flexibility index (Phi) is 7.94. The van der Waals surface area contributed by atoms with Crippen molar-refractivity contribution in [1.82, 2.24) is 4.90 Å². The maximum atomic E-state index is 12.7. The van der Waals surface area contributed by atoms with E-state index in [2.05, 4.69) is 14.9 Å². The van der Waals surface area contributed by atoms with E-state index in [0.717, 1.165) is 32.1 Å². The van der Waals surface area contributed by atoms with Crippen molar-refractivity contribution in [3.63, 3.8) is 0 Å². The summed E-state index contributed by atoms with van der Waals surface area (Å²) in [4.78, 5) is 13.1. The van der Waals surface area contributed by atoms with Crippen molar-refractivity contribution >= 4 is 38.7 Å². The fourth-order valence-electron chi connectivity index (χ4n) is 3.72. The number of rotatable bonds is 9. The van der Waals surface area contributed by atoms with Crippen LogP contribution in [0.5, 0.6) is 0 Å². The molecule has 0 radical (unpaired) electrons. The number of halogens is 1. The van der Waals surface area contributed by atoms with Gasteiger partial charge in [0.2, 0.25) is 0 Å². The molecule has 1 saturated heterocycles.